The molecule has 3 aromatic rings. The molecule has 0 unspecified atom stereocenters. The van der Waals surface area contributed by atoms with Crippen molar-refractivity contribution in [1.29, 1.82) is 0 Å². The molecule has 0 aliphatic rings. The number of hydrogen-bond donors (Lipinski definition) is 1. The summed E-state index contributed by atoms with van der Waals surface area (Å²) in [7, 11) is 2.73. The number of carbonyl (C=O) groups excluding carboxylic acids is 2. The van der Waals surface area contributed by atoms with Crippen LogP contribution in [0, 0.1) is 0 Å². The summed E-state index contributed by atoms with van der Waals surface area (Å²) in [6.45, 7) is 3.04. The minimum atomic E-state index is -4.44. The van der Waals surface area contributed by atoms with E-state index in [0.29, 0.717) is 29.4 Å². The lowest BCUT2D eigenvalue weighted by Crippen LogP contribution is -2.51. The molecule has 13 heteroatoms. The van der Waals surface area contributed by atoms with Crippen molar-refractivity contribution in [1.82, 2.24) is 10.2 Å². The molecule has 3 rings (SSSR count). The van der Waals surface area contributed by atoms with Crippen molar-refractivity contribution in [3.05, 3.63) is 66.2 Å². The van der Waals surface area contributed by atoms with Gasteiger partial charge in [0.25, 0.3) is 10.0 Å². The van der Waals surface area contributed by atoms with E-state index in [4.69, 9.17) is 23.7 Å². The Kier molecular flexibility index (Phi) is 11.7. The zero-order valence-electron chi connectivity index (χ0n) is 25.9. The van der Waals surface area contributed by atoms with E-state index in [1.165, 1.54) is 64.7 Å². The van der Waals surface area contributed by atoms with Crippen LogP contribution in [0.4, 0.5) is 5.69 Å². The molecule has 12 nitrogen and oxygen atoms in total. The average Bonchev–Trinajstić information content (AvgIpc) is 3.04. The molecule has 0 saturated heterocycles. The van der Waals surface area contributed by atoms with Crippen LogP contribution in [0.2, 0.25) is 0 Å². The van der Waals surface area contributed by atoms with Crippen molar-refractivity contribution in [2.45, 2.75) is 31.3 Å². The molecule has 0 aliphatic heterocycles. The molecule has 0 radical (unpaired) electrons. The number of anilines is 1. The van der Waals surface area contributed by atoms with E-state index < -0.39 is 34.4 Å². The lowest BCUT2D eigenvalue weighted by molar-refractivity contribution is -0.139. The number of likely N-dealkylation sites (N-methyl/N-ethyl adjacent to an activating group) is 1. The third kappa shape index (κ3) is 7.64. The number of nitrogens with zero attached hydrogens (tertiary/aromatic N) is 2. The van der Waals surface area contributed by atoms with Gasteiger partial charge in [-0.3, -0.25) is 13.9 Å². The number of nitrogens with one attached hydrogen (secondary N) is 1. The smallest absolute Gasteiger partial charge is 0.265 e. The predicted molar refractivity (Wildman–Crippen MR) is 165 cm³/mol. The normalized spacial score (nSPS) is 11.6. The molecule has 0 bridgehead atoms. The summed E-state index contributed by atoms with van der Waals surface area (Å²) < 4.78 is 56.4. The van der Waals surface area contributed by atoms with Gasteiger partial charge in [0.05, 0.1) is 46.1 Å². The second-order valence-corrected chi connectivity index (χ2v) is 11.4. The lowest BCUT2D eigenvalue weighted by atomic mass is 10.1. The maximum Gasteiger partial charge on any atom is 0.265 e. The summed E-state index contributed by atoms with van der Waals surface area (Å²) >= 11 is 0. The number of carbonyl (C=O) groups is 2. The standard InChI is InChI=1S/C31H39N3O9S/c1-8-32-31(36)21(2)33(19-22-10-9-11-23(16-22)39-3)30(35)20-34(26-17-24(40-4)12-14-27(26)41-5)44(37,38)25-13-15-28(42-6)29(18-25)43-7/h9-18,21H,8,19-20H2,1-7H3,(H,32,36)/t21-/m0/s1. The van der Waals surface area contributed by atoms with Crippen molar-refractivity contribution in [2.75, 3.05) is 52.9 Å². The fraction of sp³-hybridized carbons (Fsp3) is 0.355. The van der Waals surface area contributed by atoms with Crippen LogP contribution in [-0.4, -0.2) is 79.8 Å². The highest BCUT2D eigenvalue weighted by Gasteiger charge is 2.34. The Morgan fingerprint density at radius 1 is 0.795 bits per heavy atom. The summed E-state index contributed by atoms with van der Waals surface area (Å²) in [6.07, 6.45) is 0. The van der Waals surface area contributed by atoms with Crippen LogP contribution in [0.25, 0.3) is 0 Å². The van der Waals surface area contributed by atoms with Crippen LogP contribution in [0.5, 0.6) is 28.7 Å². The number of methoxy groups -OCH3 is 5. The molecule has 44 heavy (non-hydrogen) atoms. The van der Waals surface area contributed by atoms with Gasteiger partial charge < -0.3 is 33.9 Å². The van der Waals surface area contributed by atoms with E-state index in [1.54, 1.807) is 50.2 Å². The highest BCUT2D eigenvalue weighted by molar-refractivity contribution is 7.92. The second kappa shape index (κ2) is 15.2. The van der Waals surface area contributed by atoms with Crippen molar-refractivity contribution in [3.63, 3.8) is 0 Å². The first-order valence-corrected chi connectivity index (χ1v) is 15.1. The van der Waals surface area contributed by atoms with E-state index in [0.717, 1.165) is 4.31 Å². The first kappa shape index (κ1) is 33.8. The molecule has 0 saturated carbocycles. The van der Waals surface area contributed by atoms with Gasteiger partial charge in [-0.25, -0.2) is 8.42 Å². The highest BCUT2D eigenvalue weighted by Crippen LogP contribution is 2.37. The number of hydrogen-bond acceptors (Lipinski definition) is 9. The van der Waals surface area contributed by atoms with Gasteiger partial charge >= 0.3 is 0 Å². The van der Waals surface area contributed by atoms with Gasteiger partial charge in [0, 0.05) is 25.2 Å². The summed E-state index contributed by atoms with van der Waals surface area (Å²) in [5, 5.41) is 2.74. The molecular formula is C31H39N3O9S. The molecule has 0 aromatic heterocycles. The quantitative estimate of drug-likeness (QED) is 0.268. The summed E-state index contributed by atoms with van der Waals surface area (Å²) in [6, 6.07) is 14.9. The van der Waals surface area contributed by atoms with E-state index >= 15 is 0 Å². The zero-order chi connectivity index (χ0) is 32.4. The Balaban J connectivity index is 2.17. The number of benzene rings is 3. The zero-order valence-corrected chi connectivity index (χ0v) is 26.8. The van der Waals surface area contributed by atoms with Gasteiger partial charge in [-0.15, -0.1) is 0 Å². The van der Waals surface area contributed by atoms with E-state index in [2.05, 4.69) is 5.32 Å². The van der Waals surface area contributed by atoms with Gasteiger partial charge in [-0.1, -0.05) is 12.1 Å². The molecule has 0 heterocycles. The fourth-order valence-corrected chi connectivity index (χ4v) is 5.91. The third-order valence-electron chi connectivity index (χ3n) is 6.88. The van der Waals surface area contributed by atoms with Crippen molar-refractivity contribution >= 4 is 27.5 Å². The molecular weight excluding hydrogens is 590 g/mol. The van der Waals surface area contributed by atoms with Crippen molar-refractivity contribution < 1.29 is 41.7 Å². The molecule has 238 valence electrons. The molecule has 3 aromatic carbocycles. The number of ether oxygens (including phenoxy) is 5. The van der Waals surface area contributed by atoms with Crippen LogP contribution >= 0.6 is 0 Å². The molecule has 1 N–H and O–H groups in total. The Labute approximate surface area is 258 Å². The van der Waals surface area contributed by atoms with E-state index in [1.807, 2.05) is 0 Å². The minimum absolute atomic E-state index is 0.00776. The van der Waals surface area contributed by atoms with E-state index in [9.17, 15) is 18.0 Å². The Morgan fingerprint density at radius 2 is 1.43 bits per heavy atom. The number of rotatable bonds is 15. The topological polar surface area (TPSA) is 133 Å². The van der Waals surface area contributed by atoms with Gasteiger partial charge in [-0.05, 0) is 55.8 Å². The van der Waals surface area contributed by atoms with Crippen LogP contribution in [-0.2, 0) is 26.2 Å². The Bertz CT molecular complexity index is 1560. The fourth-order valence-electron chi connectivity index (χ4n) is 4.48. The summed E-state index contributed by atoms with van der Waals surface area (Å²) in [5.41, 5.74) is 0.740. The van der Waals surface area contributed by atoms with Crippen molar-refractivity contribution in [3.8, 4) is 28.7 Å². The minimum Gasteiger partial charge on any atom is -0.497 e. The molecule has 2 amide bonds. The van der Waals surface area contributed by atoms with Crippen LogP contribution in [0.1, 0.15) is 19.4 Å². The average molecular weight is 630 g/mol. The van der Waals surface area contributed by atoms with Gasteiger partial charge in [-0.2, -0.15) is 0 Å². The number of sulfonamides is 1. The number of amides is 2. The van der Waals surface area contributed by atoms with Crippen molar-refractivity contribution in [2.24, 2.45) is 0 Å². The maximum atomic E-state index is 14.3. The second-order valence-electron chi connectivity index (χ2n) is 9.51. The first-order valence-electron chi connectivity index (χ1n) is 13.7. The van der Waals surface area contributed by atoms with Gasteiger partial charge in [0.1, 0.15) is 29.8 Å². The van der Waals surface area contributed by atoms with Gasteiger partial charge in [0.2, 0.25) is 11.8 Å². The molecule has 0 aliphatic carbocycles. The Hall–Kier alpha value is -4.65. The molecule has 1 atom stereocenters. The van der Waals surface area contributed by atoms with Gasteiger partial charge in [0.15, 0.2) is 11.5 Å². The monoisotopic (exact) mass is 629 g/mol. The maximum absolute atomic E-state index is 14.3. The summed E-state index contributed by atoms with van der Waals surface area (Å²) in [5.74, 6) is 0.565. The molecule has 0 spiro atoms. The van der Waals surface area contributed by atoms with Crippen LogP contribution in [0.15, 0.2) is 65.6 Å². The molecule has 0 fully saturated rings. The predicted octanol–water partition coefficient (Wildman–Crippen LogP) is 3.48. The van der Waals surface area contributed by atoms with Crippen LogP contribution in [0.3, 0.4) is 0 Å². The largest absolute Gasteiger partial charge is 0.497 e. The SMILES string of the molecule is CCNC(=O)[C@H](C)N(Cc1cccc(OC)c1)C(=O)CN(c1cc(OC)ccc1OC)S(=O)(=O)c1ccc(OC)c(OC)c1. The third-order valence-corrected chi connectivity index (χ3v) is 8.64. The lowest BCUT2D eigenvalue weighted by Gasteiger charge is -2.32. The van der Waals surface area contributed by atoms with Crippen LogP contribution < -0.4 is 33.3 Å². The van der Waals surface area contributed by atoms with E-state index in [-0.39, 0.29) is 28.6 Å². The summed E-state index contributed by atoms with van der Waals surface area (Å²) in [4.78, 5) is 28.3. The highest BCUT2D eigenvalue weighted by atomic mass is 32.2. The Morgan fingerprint density at radius 3 is 2.05 bits per heavy atom. The first-order chi connectivity index (χ1) is 21.0.